The fourth-order valence-corrected chi connectivity index (χ4v) is 3.91. The minimum Gasteiger partial charge on any atom is -0.397 e. The molecule has 0 aromatic heterocycles. The van der Waals surface area contributed by atoms with Crippen LogP contribution in [-0.2, 0) is 0 Å². The van der Waals surface area contributed by atoms with Gasteiger partial charge in [-0.3, -0.25) is 0 Å². The Morgan fingerprint density at radius 3 is 2.38 bits per heavy atom. The van der Waals surface area contributed by atoms with Crippen LogP contribution in [0.3, 0.4) is 0 Å². The van der Waals surface area contributed by atoms with Crippen LogP contribution in [0.4, 0.5) is 15.8 Å². The lowest BCUT2D eigenvalue weighted by Crippen LogP contribution is -2.46. The number of nitrogen functional groups attached to an aromatic ring is 1. The summed E-state index contributed by atoms with van der Waals surface area (Å²) >= 11 is 3.26. The van der Waals surface area contributed by atoms with Crippen molar-refractivity contribution >= 4 is 27.3 Å². The van der Waals surface area contributed by atoms with E-state index in [0.29, 0.717) is 16.2 Å². The molecule has 0 aliphatic carbocycles. The quantitative estimate of drug-likeness (QED) is 0.822. The molecule has 1 aromatic carbocycles. The van der Waals surface area contributed by atoms with Gasteiger partial charge in [-0.15, -0.1) is 0 Å². The highest BCUT2D eigenvalue weighted by Crippen LogP contribution is 2.32. The van der Waals surface area contributed by atoms with Gasteiger partial charge in [-0.25, -0.2) is 4.39 Å². The van der Waals surface area contributed by atoms with Gasteiger partial charge in [0.05, 0.1) is 15.8 Å². The summed E-state index contributed by atoms with van der Waals surface area (Å²) in [4.78, 5) is 4.95. The predicted octanol–water partition coefficient (Wildman–Crippen LogP) is 3.63. The molecule has 0 amide bonds. The van der Waals surface area contributed by atoms with Gasteiger partial charge in [-0.1, -0.05) is 6.42 Å². The van der Waals surface area contributed by atoms with E-state index >= 15 is 0 Å². The monoisotopic (exact) mass is 355 g/mol. The number of rotatable bonds is 2. The number of nitrogens with zero attached hydrogens (tertiary/aromatic N) is 2. The molecule has 2 aliphatic rings. The Morgan fingerprint density at radius 2 is 1.71 bits per heavy atom. The minimum atomic E-state index is -0.292. The second-order valence-corrected chi connectivity index (χ2v) is 6.99. The molecule has 116 valence electrons. The van der Waals surface area contributed by atoms with Gasteiger partial charge in [-0.05, 0) is 60.8 Å². The lowest BCUT2D eigenvalue weighted by atomic mass is 9.99. The van der Waals surface area contributed by atoms with Crippen molar-refractivity contribution in [1.82, 2.24) is 4.90 Å². The third kappa shape index (κ3) is 3.34. The van der Waals surface area contributed by atoms with Gasteiger partial charge in [0.1, 0.15) is 5.82 Å². The number of nitrogens with two attached hydrogens (primary N) is 1. The van der Waals surface area contributed by atoms with E-state index in [2.05, 4.69) is 25.7 Å². The van der Waals surface area contributed by atoms with Crippen LogP contribution in [-0.4, -0.2) is 37.1 Å². The van der Waals surface area contributed by atoms with Gasteiger partial charge in [0.2, 0.25) is 0 Å². The fraction of sp³-hybridized carbons (Fsp3) is 0.625. The number of anilines is 2. The first-order valence-corrected chi connectivity index (χ1v) is 8.68. The topological polar surface area (TPSA) is 32.5 Å². The molecule has 0 saturated carbocycles. The number of hydrogen-bond donors (Lipinski definition) is 1. The molecule has 0 radical (unpaired) electrons. The van der Waals surface area contributed by atoms with Gasteiger partial charge >= 0.3 is 0 Å². The number of hydrogen-bond acceptors (Lipinski definition) is 3. The van der Waals surface area contributed by atoms with Crippen LogP contribution in [0.5, 0.6) is 0 Å². The maximum atomic E-state index is 13.5. The highest BCUT2D eigenvalue weighted by molar-refractivity contribution is 9.10. The Labute approximate surface area is 134 Å². The van der Waals surface area contributed by atoms with E-state index in [4.69, 9.17) is 5.73 Å². The van der Waals surface area contributed by atoms with Gasteiger partial charge in [-0.2, -0.15) is 0 Å². The van der Waals surface area contributed by atoms with E-state index in [-0.39, 0.29) is 5.82 Å². The highest BCUT2D eigenvalue weighted by atomic mass is 79.9. The third-order valence-corrected chi connectivity index (χ3v) is 5.39. The van der Waals surface area contributed by atoms with Crippen LogP contribution >= 0.6 is 15.9 Å². The van der Waals surface area contributed by atoms with Gasteiger partial charge in [0.15, 0.2) is 0 Å². The fourth-order valence-electron chi connectivity index (χ4n) is 3.58. The average molecular weight is 356 g/mol. The predicted molar refractivity (Wildman–Crippen MR) is 89.2 cm³/mol. The van der Waals surface area contributed by atoms with Crippen LogP contribution in [0.25, 0.3) is 0 Å². The van der Waals surface area contributed by atoms with Crippen LogP contribution < -0.4 is 10.6 Å². The second-order valence-electron chi connectivity index (χ2n) is 6.14. The van der Waals surface area contributed by atoms with Crippen LogP contribution in [0.1, 0.15) is 32.1 Å². The molecule has 2 aliphatic heterocycles. The number of halogens is 2. The molecule has 21 heavy (non-hydrogen) atoms. The van der Waals surface area contributed by atoms with Crippen molar-refractivity contribution in [3.63, 3.8) is 0 Å². The molecule has 0 atom stereocenters. The van der Waals surface area contributed by atoms with Crippen molar-refractivity contribution < 1.29 is 4.39 Å². The zero-order valence-corrected chi connectivity index (χ0v) is 13.9. The van der Waals surface area contributed by atoms with Crippen molar-refractivity contribution in [2.75, 3.05) is 36.8 Å². The molecular weight excluding hydrogens is 333 g/mol. The molecule has 2 N–H and O–H groups in total. The smallest absolute Gasteiger partial charge is 0.139 e. The molecule has 3 nitrogen and oxygen atoms in total. The number of benzene rings is 1. The Bertz CT molecular complexity index is 495. The van der Waals surface area contributed by atoms with Gasteiger partial charge in [0.25, 0.3) is 0 Å². The molecule has 2 heterocycles. The summed E-state index contributed by atoms with van der Waals surface area (Å²) in [6, 6.07) is 3.94. The summed E-state index contributed by atoms with van der Waals surface area (Å²) in [5.74, 6) is -0.292. The maximum absolute atomic E-state index is 13.5. The standard InChI is InChI=1S/C16H23BrFN3/c17-13-10-16(15(19)11-14(13)18)21-8-4-12(5-9-21)20-6-2-1-3-7-20/h10-12H,1-9,19H2. The van der Waals surface area contributed by atoms with E-state index < -0.39 is 0 Å². The number of likely N-dealkylation sites (tertiary alicyclic amines) is 1. The Balaban J connectivity index is 1.64. The average Bonchev–Trinajstić information content (AvgIpc) is 2.52. The summed E-state index contributed by atoms with van der Waals surface area (Å²) < 4.78 is 14.0. The Morgan fingerprint density at radius 1 is 1.05 bits per heavy atom. The van der Waals surface area contributed by atoms with Crippen molar-refractivity contribution in [3.8, 4) is 0 Å². The van der Waals surface area contributed by atoms with Crippen molar-refractivity contribution in [2.24, 2.45) is 0 Å². The first kappa shape index (κ1) is 15.1. The molecular formula is C16H23BrFN3. The molecule has 0 bridgehead atoms. The van der Waals surface area contributed by atoms with Gasteiger partial charge in [0, 0.05) is 25.2 Å². The summed E-state index contributed by atoms with van der Waals surface area (Å²) in [6.07, 6.45) is 6.43. The highest BCUT2D eigenvalue weighted by Gasteiger charge is 2.26. The first-order valence-electron chi connectivity index (χ1n) is 7.88. The SMILES string of the molecule is Nc1cc(F)c(Br)cc1N1CCC(N2CCCCC2)CC1. The van der Waals surface area contributed by atoms with E-state index in [1.807, 2.05) is 6.07 Å². The molecule has 5 heteroatoms. The molecule has 3 rings (SSSR count). The molecule has 2 saturated heterocycles. The molecule has 1 aromatic rings. The van der Waals surface area contributed by atoms with Crippen molar-refractivity contribution in [3.05, 3.63) is 22.4 Å². The van der Waals surface area contributed by atoms with Crippen molar-refractivity contribution in [2.45, 2.75) is 38.1 Å². The summed E-state index contributed by atoms with van der Waals surface area (Å²) in [7, 11) is 0. The van der Waals surface area contributed by atoms with Gasteiger partial charge < -0.3 is 15.5 Å². The van der Waals surface area contributed by atoms with Crippen LogP contribution in [0.15, 0.2) is 16.6 Å². The lowest BCUT2D eigenvalue weighted by Gasteiger charge is -2.41. The normalized spacial score (nSPS) is 21.7. The Hall–Kier alpha value is -0.810. The lowest BCUT2D eigenvalue weighted by molar-refractivity contribution is 0.141. The molecule has 0 spiro atoms. The maximum Gasteiger partial charge on any atom is 0.139 e. The van der Waals surface area contributed by atoms with E-state index in [1.54, 1.807) is 0 Å². The third-order valence-electron chi connectivity index (χ3n) is 4.78. The Kier molecular flexibility index (Phi) is 4.69. The summed E-state index contributed by atoms with van der Waals surface area (Å²) in [6.45, 7) is 4.52. The molecule has 2 fully saturated rings. The minimum absolute atomic E-state index is 0.292. The van der Waals surface area contributed by atoms with E-state index in [1.165, 1.54) is 51.3 Å². The first-order chi connectivity index (χ1) is 10.1. The zero-order valence-electron chi connectivity index (χ0n) is 12.3. The molecule has 0 unspecified atom stereocenters. The van der Waals surface area contributed by atoms with E-state index in [9.17, 15) is 4.39 Å². The second kappa shape index (κ2) is 6.53. The zero-order chi connectivity index (χ0) is 14.8. The number of piperidine rings is 2. The van der Waals surface area contributed by atoms with Crippen molar-refractivity contribution in [1.29, 1.82) is 0 Å². The largest absolute Gasteiger partial charge is 0.397 e. The van der Waals surface area contributed by atoms with Crippen LogP contribution in [0.2, 0.25) is 0 Å². The van der Waals surface area contributed by atoms with E-state index in [0.717, 1.165) is 18.8 Å². The summed E-state index contributed by atoms with van der Waals surface area (Å²) in [5.41, 5.74) is 7.48. The summed E-state index contributed by atoms with van der Waals surface area (Å²) in [5, 5.41) is 0. The van der Waals surface area contributed by atoms with Crippen LogP contribution in [0, 0.1) is 5.82 Å².